The minimum Gasteiger partial charge on any atom is -0.462 e. The molecule has 3 unspecified atom stereocenters. The smallest absolute Gasteiger partial charge is 0.462 e. The van der Waals surface area contributed by atoms with E-state index in [1.165, 1.54) is 250 Å². The molecule has 0 bridgehead atoms. The number of hydrogen-bond donors (Lipinski definition) is 3. The first-order valence-electron chi connectivity index (χ1n) is 43.4. The lowest BCUT2D eigenvalue weighted by Gasteiger charge is -2.21. The van der Waals surface area contributed by atoms with Crippen LogP contribution in [0.1, 0.15) is 440 Å². The van der Waals surface area contributed by atoms with Gasteiger partial charge in [-0.15, -0.1) is 0 Å². The van der Waals surface area contributed by atoms with Crippen LogP contribution < -0.4 is 0 Å². The van der Waals surface area contributed by atoms with Gasteiger partial charge in [0.2, 0.25) is 0 Å². The highest BCUT2D eigenvalue weighted by Crippen LogP contribution is 2.45. The topological polar surface area (TPSA) is 237 Å². The second-order valence-electron chi connectivity index (χ2n) is 31.4. The molecule has 3 N–H and O–H groups in total. The lowest BCUT2D eigenvalue weighted by atomic mass is 9.99. The zero-order valence-corrected chi connectivity index (χ0v) is 69.6. The molecule has 0 saturated heterocycles. The van der Waals surface area contributed by atoms with Crippen molar-refractivity contribution >= 4 is 39.5 Å². The van der Waals surface area contributed by atoms with Crippen LogP contribution in [0.2, 0.25) is 0 Å². The fraction of sp³-hybridized carbons (Fsp3) is 0.952. The average molecular weight is 1510 g/mol. The molecule has 0 aromatic heterocycles. The monoisotopic (exact) mass is 1510 g/mol. The molecule has 0 aliphatic rings. The van der Waals surface area contributed by atoms with Crippen molar-refractivity contribution in [2.24, 2.45) is 17.8 Å². The van der Waals surface area contributed by atoms with Gasteiger partial charge in [-0.25, -0.2) is 9.13 Å². The number of rotatable bonds is 82. The molecule has 103 heavy (non-hydrogen) atoms. The largest absolute Gasteiger partial charge is 0.472 e. The summed E-state index contributed by atoms with van der Waals surface area (Å²) >= 11 is 0. The van der Waals surface area contributed by atoms with Crippen molar-refractivity contribution in [3.05, 3.63) is 0 Å². The molecule has 6 atom stereocenters. The first-order chi connectivity index (χ1) is 49.8. The maximum Gasteiger partial charge on any atom is 0.472 e. The number of esters is 4. The summed E-state index contributed by atoms with van der Waals surface area (Å²) in [5.41, 5.74) is 0. The summed E-state index contributed by atoms with van der Waals surface area (Å²) in [6.07, 6.45) is 63.9. The van der Waals surface area contributed by atoms with Crippen LogP contribution in [-0.2, 0) is 65.4 Å². The third-order valence-electron chi connectivity index (χ3n) is 20.0. The van der Waals surface area contributed by atoms with Crippen LogP contribution in [-0.4, -0.2) is 96.7 Å². The summed E-state index contributed by atoms with van der Waals surface area (Å²) in [7, 11) is -9.92. The number of phosphoric acid groups is 2. The molecule has 0 aromatic rings. The SMILES string of the molecule is CCCCCCCCCCCCCCCCCCCC(=O)OC[C@H](COP(=O)(O)OC[C@@H](O)COP(=O)(O)OC[C@@H](COC(=O)CCCCCCCCCCC(C)C)OC(=O)CCCCCCCCCCCCC(C)C)OC(=O)CCCCCCCCCCCCCCCCCCCCC(C)CC. The first-order valence-corrected chi connectivity index (χ1v) is 46.4. The van der Waals surface area contributed by atoms with E-state index in [-0.39, 0.29) is 25.7 Å². The van der Waals surface area contributed by atoms with Gasteiger partial charge in [0, 0.05) is 25.7 Å². The van der Waals surface area contributed by atoms with E-state index < -0.39 is 97.5 Å². The Bertz CT molecular complexity index is 1990. The Morgan fingerprint density at radius 2 is 0.495 bits per heavy atom. The highest BCUT2D eigenvalue weighted by atomic mass is 31.2. The van der Waals surface area contributed by atoms with Crippen molar-refractivity contribution in [3.8, 4) is 0 Å². The van der Waals surface area contributed by atoms with E-state index in [0.717, 1.165) is 108 Å². The van der Waals surface area contributed by atoms with Crippen LogP contribution in [0.25, 0.3) is 0 Å². The zero-order valence-electron chi connectivity index (χ0n) is 67.8. The Kier molecular flexibility index (Phi) is 72.8. The second kappa shape index (κ2) is 74.2. The van der Waals surface area contributed by atoms with E-state index in [0.29, 0.717) is 25.7 Å². The van der Waals surface area contributed by atoms with E-state index in [1.54, 1.807) is 0 Å². The lowest BCUT2D eigenvalue weighted by Crippen LogP contribution is -2.30. The Morgan fingerprint density at radius 3 is 0.738 bits per heavy atom. The van der Waals surface area contributed by atoms with Crippen LogP contribution in [0, 0.1) is 17.8 Å². The molecule has 0 aliphatic heterocycles. The third-order valence-corrected chi connectivity index (χ3v) is 21.9. The molecular formula is C84H164O17P2. The Balaban J connectivity index is 5.23. The Labute approximate surface area is 632 Å². The Hall–Kier alpha value is -1.94. The number of ether oxygens (including phenoxy) is 4. The van der Waals surface area contributed by atoms with Crippen molar-refractivity contribution in [2.45, 2.75) is 458 Å². The van der Waals surface area contributed by atoms with Crippen molar-refractivity contribution in [1.29, 1.82) is 0 Å². The summed E-state index contributed by atoms with van der Waals surface area (Å²) in [6, 6.07) is 0. The van der Waals surface area contributed by atoms with E-state index in [2.05, 4.69) is 48.5 Å². The number of carbonyl (C=O) groups excluding carboxylic acids is 4. The van der Waals surface area contributed by atoms with Crippen LogP contribution in [0.3, 0.4) is 0 Å². The predicted octanol–water partition coefficient (Wildman–Crippen LogP) is 25.3. The van der Waals surface area contributed by atoms with Crippen LogP contribution in [0.5, 0.6) is 0 Å². The van der Waals surface area contributed by atoms with Crippen LogP contribution in [0.4, 0.5) is 0 Å². The second-order valence-corrected chi connectivity index (χ2v) is 34.3. The average Bonchev–Trinajstić information content (AvgIpc) is 0.910. The number of aliphatic hydroxyl groups excluding tert-OH is 1. The van der Waals surface area contributed by atoms with E-state index in [1.807, 2.05) is 0 Å². The normalized spacial score (nSPS) is 14.2. The number of carbonyl (C=O) groups is 4. The van der Waals surface area contributed by atoms with Gasteiger partial charge in [-0.1, -0.05) is 389 Å². The van der Waals surface area contributed by atoms with Crippen LogP contribution in [0.15, 0.2) is 0 Å². The van der Waals surface area contributed by atoms with Gasteiger partial charge < -0.3 is 33.8 Å². The minimum atomic E-state index is -4.96. The quantitative estimate of drug-likeness (QED) is 0.0222. The molecule has 17 nitrogen and oxygen atoms in total. The van der Waals surface area contributed by atoms with Crippen molar-refractivity contribution in [1.82, 2.24) is 0 Å². The molecule has 612 valence electrons. The van der Waals surface area contributed by atoms with Crippen molar-refractivity contribution in [2.75, 3.05) is 39.6 Å². The molecule has 0 aromatic carbocycles. The van der Waals surface area contributed by atoms with Crippen molar-refractivity contribution in [3.63, 3.8) is 0 Å². The molecule has 0 fully saturated rings. The van der Waals surface area contributed by atoms with Gasteiger partial charge in [0.15, 0.2) is 12.2 Å². The van der Waals surface area contributed by atoms with E-state index in [9.17, 15) is 43.2 Å². The number of aliphatic hydroxyl groups is 1. The number of hydrogen-bond acceptors (Lipinski definition) is 15. The third kappa shape index (κ3) is 76.6. The fourth-order valence-electron chi connectivity index (χ4n) is 13.0. The fourth-order valence-corrected chi connectivity index (χ4v) is 14.6. The van der Waals surface area contributed by atoms with E-state index >= 15 is 0 Å². The molecule has 0 heterocycles. The zero-order chi connectivity index (χ0) is 75.8. The molecule has 0 radical (unpaired) electrons. The standard InChI is InChI=1S/C84H164O17P2/c1-8-10-11-12-13-14-15-16-17-20-24-27-30-36-44-51-58-65-81(86)94-71-79(100-83(88)67-60-53-46-37-31-28-25-22-19-18-21-23-26-29-35-43-50-57-64-77(7)9-2)73-98-102(90,91)96-69-78(85)70-97-103(92,93)99-74-80(72-95-82(87)66-59-52-45-40-39-42-49-56-63-76(5)6)101-84(89)68-61-54-47-38-33-32-34-41-48-55-62-75(3)4/h75-80,85H,8-74H2,1-7H3,(H,90,91)(H,92,93)/t77?,78-,79-,80-/m1/s1. The minimum absolute atomic E-state index is 0.105. The highest BCUT2D eigenvalue weighted by Gasteiger charge is 2.30. The maximum atomic E-state index is 13.1. The van der Waals surface area contributed by atoms with Gasteiger partial charge in [0.05, 0.1) is 26.4 Å². The lowest BCUT2D eigenvalue weighted by molar-refractivity contribution is -0.161. The van der Waals surface area contributed by atoms with E-state index in [4.69, 9.17) is 37.0 Å². The van der Waals surface area contributed by atoms with Gasteiger partial charge in [-0.3, -0.25) is 37.3 Å². The molecule has 0 spiro atoms. The van der Waals surface area contributed by atoms with Crippen molar-refractivity contribution < 1.29 is 80.2 Å². The summed E-state index contributed by atoms with van der Waals surface area (Å²) in [5, 5.41) is 10.7. The predicted molar refractivity (Wildman–Crippen MR) is 423 cm³/mol. The highest BCUT2D eigenvalue weighted by molar-refractivity contribution is 7.47. The summed E-state index contributed by atoms with van der Waals surface area (Å²) in [4.78, 5) is 73.1. The molecule has 0 aliphatic carbocycles. The number of phosphoric ester groups is 2. The molecule has 0 rings (SSSR count). The maximum absolute atomic E-state index is 13.1. The van der Waals surface area contributed by atoms with Gasteiger partial charge >= 0.3 is 39.5 Å². The first kappa shape index (κ1) is 101. The van der Waals surface area contributed by atoms with Gasteiger partial charge in [0.25, 0.3) is 0 Å². The molecular weight excluding hydrogens is 1340 g/mol. The van der Waals surface area contributed by atoms with Gasteiger partial charge in [0.1, 0.15) is 19.3 Å². The summed E-state index contributed by atoms with van der Waals surface area (Å²) in [6.45, 7) is 12.0. The summed E-state index contributed by atoms with van der Waals surface area (Å²) in [5.74, 6) is 0.241. The molecule has 0 amide bonds. The van der Waals surface area contributed by atoms with Gasteiger partial charge in [-0.05, 0) is 43.4 Å². The number of unbranched alkanes of at least 4 members (excludes halogenated alkanes) is 49. The summed E-state index contributed by atoms with van der Waals surface area (Å²) < 4.78 is 68.8. The van der Waals surface area contributed by atoms with Gasteiger partial charge in [-0.2, -0.15) is 0 Å². The molecule has 19 heteroatoms. The van der Waals surface area contributed by atoms with Crippen LogP contribution >= 0.6 is 15.6 Å². The molecule has 0 saturated carbocycles. The Morgan fingerprint density at radius 1 is 0.282 bits per heavy atom.